The van der Waals surface area contributed by atoms with E-state index >= 15 is 0 Å². The smallest absolute Gasteiger partial charge is 0.410 e. The maximum absolute atomic E-state index is 13.9. The van der Waals surface area contributed by atoms with E-state index in [1.807, 2.05) is 43.4 Å². The molecule has 0 saturated carbocycles. The van der Waals surface area contributed by atoms with E-state index in [0.29, 0.717) is 13.0 Å². The van der Waals surface area contributed by atoms with Crippen molar-refractivity contribution in [2.24, 2.45) is 0 Å². The average Bonchev–Trinajstić information content (AvgIpc) is 3.26. The predicted molar refractivity (Wildman–Crippen MR) is 160 cm³/mol. The van der Waals surface area contributed by atoms with Crippen molar-refractivity contribution in [1.82, 2.24) is 15.5 Å². The summed E-state index contributed by atoms with van der Waals surface area (Å²) >= 11 is 0. The number of hydrogen-bond donors (Lipinski definition) is 2. The molecule has 2 aromatic rings. The summed E-state index contributed by atoms with van der Waals surface area (Å²) in [7, 11) is 3.37. The first-order valence-electron chi connectivity index (χ1n) is 14.9. The molecule has 0 spiro atoms. The summed E-state index contributed by atoms with van der Waals surface area (Å²) in [6.07, 6.45) is 2.93. The van der Waals surface area contributed by atoms with Crippen LogP contribution in [0.15, 0.2) is 48.5 Å². The van der Waals surface area contributed by atoms with E-state index in [-0.39, 0.29) is 41.2 Å². The van der Waals surface area contributed by atoms with Crippen LogP contribution in [0, 0.1) is 0 Å². The van der Waals surface area contributed by atoms with Crippen LogP contribution < -0.4 is 10.6 Å². The minimum Gasteiger partial charge on any atom is -0.444 e. The molecule has 1 aliphatic carbocycles. The van der Waals surface area contributed by atoms with Crippen LogP contribution in [0.2, 0.25) is 0 Å². The van der Waals surface area contributed by atoms with Gasteiger partial charge in [0.25, 0.3) is 5.91 Å². The van der Waals surface area contributed by atoms with Crippen LogP contribution >= 0.6 is 0 Å². The number of hydrogen-bond acceptors (Lipinski definition) is 5. The first-order valence-corrected chi connectivity index (χ1v) is 14.9. The maximum atomic E-state index is 13.9. The third kappa shape index (κ3) is 6.84. The summed E-state index contributed by atoms with van der Waals surface area (Å²) in [5.74, 6) is -0.511. The fourth-order valence-corrected chi connectivity index (χ4v) is 6.01. The third-order valence-electron chi connectivity index (χ3n) is 8.43. The van der Waals surface area contributed by atoms with Crippen molar-refractivity contribution >= 4 is 23.8 Å². The molecule has 0 fully saturated rings. The number of rotatable bonds is 8. The lowest BCUT2D eigenvalue weighted by Crippen LogP contribution is -2.53. The highest BCUT2D eigenvalue weighted by Crippen LogP contribution is 2.41. The lowest BCUT2D eigenvalue weighted by Gasteiger charge is -2.34. The van der Waals surface area contributed by atoms with E-state index in [0.717, 1.165) is 36.0 Å². The molecule has 1 aliphatic heterocycles. The predicted octanol–water partition coefficient (Wildman–Crippen LogP) is 4.56. The number of amides is 4. The van der Waals surface area contributed by atoms with Gasteiger partial charge in [-0.15, -0.1) is 0 Å². The fourth-order valence-electron chi connectivity index (χ4n) is 6.01. The van der Waals surface area contributed by atoms with Crippen LogP contribution in [0.1, 0.15) is 87.7 Å². The minimum absolute atomic E-state index is 0.0364. The molecule has 9 nitrogen and oxygen atoms in total. The third-order valence-corrected chi connectivity index (χ3v) is 8.43. The highest BCUT2D eigenvalue weighted by Gasteiger charge is 2.51. The second kappa shape index (κ2) is 12.7. The zero-order valence-corrected chi connectivity index (χ0v) is 25.7. The number of carbonyl (C=O) groups is 4. The standard InChI is InChI=1S/C33H44N4O5/c1-22(36(5)32(41)42-33(2,3)4)30(39)34-20-12-19-28(38)37(6)21-24-14-8-10-17-26(24)29(37)31(40)35-27-18-11-15-23-13-7-9-16-25(23)27/h7-10,13-14,16-17,22,27,29H,11-12,15,18-21H2,1-6H3,(H-,34,35,39,40)/p+1. The van der Waals surface area contributed by atoms with Gasteiger partial charge in [-0.25, -0.2) is 14.1 Å². The van der Waals surface area contributed by atoms with E-state index in [1.165, 1.54) is 17.5 Å². The second-order valence-electron chi connectivity index (χ2n) is 12.7. The summed E-state index contributed by atoms with van der Waals surface area (Å²) in [5, 5.41) is 6.12. The van der Waals surface area contributed by atoms with Gasteiger partial charge in [-0.2, -0.15) is 0 Å². The molecule has 9 heteroatoms. The molecule has 4 rings (SSSR count). The van der Waals surface area contributed by atoms with E-state index in [4.69, 9.17) is 4.74 Å². The summed E-state index contributed by atoms with van der Waals surface area (Å²) in [6, 6.07) is 14.6. The van der Waals surface area contributed by atoms with Crippen molar-refractivity contribution in [3.8, 4) is 0 Å². The summed E-state index contributed by atoms with van der Waals surface area (Å²) < 4.78 is 5.31. The number of nitrogens with one attached hydrogen (secondary N) is 2. The summed E-state index contributed by atoms with van der Waals surface area (Å²) in [4.78, 5) is 53.9. The molecule has 0 radical (unpaired) electrons. The Hall–Kier alpha value is -3.72. The molecule has 1 heterocycles. The Morgan fingerprint density at radius 3 is 2.36 bits per heavy atom. The number of aryl methyl sites for hydroxylation is 1. The van der Waals surface area contributed by atoms with Crippen molar-refractivity contribution in [2.75, 3.05) is 20.6 Å². The Morgan fingerprint density at radius 1 is 1.02 bits per heavy atom. The Balaban J connectivity index is 1.38. The van der Waals surface area contributed by atoms with Crippen molar-refractivity contribution < 1.29 is 28.4 Å². The highest BCUT2D eigenvalue weighted by molar-refractivity contribution is 5.87. The lowest BCUT2D eigenvalue weighted by molar-refractivity contribution is -0.863. The molecule has 2 N–H and O–H groups in total. The van der Waals surface area contributed by atoms with Gasteiger partial charge < -0.3 is 15.4 Å². The molecule has 2 aliphatic rings. The van der Waals surface area contributed by atoms with Crippen molar-refractivity contribution in [2.45, 2.75) is 90.1 Å². The molecule has 0 aromatic heterocycles. The number of ether oxygens (including phenoxy) is 1. The van der Waals surface area contributed by atoms with Crippen LogP contribution in [-0.4, -0.2) is 65.5 Å². The molecule has 226 valence electrons. The second-order valence-corrected chi connectivity index (χ2v) is 12.7. The number of likely N-dealkylation sites (N-methyl/N-ethyl adjacent to an activating group) is 2. The Kier molecular flexibility index (Phi) is 9.40. The van der Waals surface area contributed by atoms with Crippen molar-refractivity contribution in [1.29, 1.82) is 0 Å². The molecule has 4 amide bonds. The molecule has 2 aromatic carbocycles. The number of nitrogens with zero attached hydrogens (tertiary/aromatic N) is 2. The van der Waals surface area contributed by atoms with Gasteiger partial charge in [0.1, 0.15) is 18.2 Å². The number of fused-ring (bicyclic) bond motifs is 2. The van der Waals surface area contributed by atoms with Crippen LogP contribution in [-0.2, 0) is 32.1 Å². The van der Waals surface area contributed by atoms with Gasteiger partial charge in [-0.3, -0.25) is 14.5 Å². The molecule has 4 unspecified atom stereocenters. The quantitative estimate of drug-likeness (QED) is 0.354. The normalized spacial score (nSPS) is 21.9. The Bertz CT molecular complexity index is 1340. The van der Waals surface area contributed by atoms with Crippen LogP contribution in [0.3, 0.4) is 0 Å². The largest absolute Gasteiger partial charge is 0.444 e. The molecular formula is C33H45N4O5+. The van der Waals surface area contributed by atoms with Crippen molar-refractivity contribution in [3.05, 3.63) is 70.8 Å². The van der Waals surface area contributed by atoms with Gasteiger partial charge in [0.15, 0.2) is 0 Å². The zero-order valence-electron chi connectivity index (χ0n) is 25.7. The monoisotopic (exact) mass is 577 g/mol. The van der Waals surface area contributed by atoms with Gasteiger partial charge in [-0.1, -0.05) is 48.5 Å². The number of carbonyl (C=O) groups excluding carboxylic acids is 4. The summed E-state index contributed by atoms with van der Waals surface area (Å²) in [5.41, 5.74) is 3.66. The lowest BCUT2D eigenvalue weighted by atomic mass is 9.87. The first-order chi connectivity index (χ1) is 19.8. The van der Waals surface area contributed by atoms with Crippen LogP contribution in [0.5, 0.6) is 0 Å². The van der Waals surface area contributed by atoms with Gasteiger partial charge in [0.05, 0.1) is 19.5 Å². The fraction of sp³-hybridized carbons (Fsp3) is 0.515. The van der Waals surface area contributed by atoms with Gasteiger partial charge >= 0.3 is 12.0 Å². The van der Waals surface area contributed by atoms with Gasteiger partial charge in [0.2, 0.25) is 11.9 Å². The maximum Gasteiger partial charge on any atom is 0.410 e. The highest BCUT2D eigenvalue weighted by atomic mass is 16.6. The van der Waals surface area contributed by atoms with Gasteiger partial charge in [0, 0.05) is 24.7 Å². The number of benzene rings is 2. The van der Waals surface area contributed by atoms with Crippen LogP contribution in [0.4, 0.5) is 4.79 Å². The zero-order chi connectivity index (χ0) is 30.7. The molecule has 0 bridgehead atoms. The van der Waals surface area contributed by atoms with E-state index in [2.05, 4.69) is 22.8 Å². The topological polar surface area (TPSA) is 105 Å². The molecule has 4 atom stereocenters. The van der Waals surface area contributed by atoms with Crippen molar-refractivity contribution in [3.63, 3.8) is 0 Å². The Labute approximate surface area is 249 Å². The minimum atomic E-state index is -0.730. The molecular weight excluding hydrogens is 532 g/mol. The average molecular weight is 578 g/mol. The first kappa shape index (κ1) is 31.2. The summed E-state index contributed by atoms with van der Waals surface area (Å²) in [6.45, 7) is 7.66. The van der Waals surface area contributed by atoms with Crippen LogP contribution in [0.25, 0.3) is 0 Å². The van der Waals surface area contributed by atoms with E-state index < -0.39 is 23.8 Å². The van der Waals surface area contributed by atoms with Gasteiger partial charge in [-0.05, 0) is 64.5 Å². The molecule has 0 saturated heterocycles. The molecule has 42 heavy (non-hydrogen) atoms. The van der Waals surface area contributed by atoms with E-state index in [9.17, 15) is 19.2 Å². The SMILES string of the molecule is CC(C(=O)NCCCC(=O)[N+]1(C)Cc2ccccc2C1C(=O)NC1CCCc2ccccc21)N(C)C(=O)OC(C)(C)C. The number of quaternary nitrogens is 1. The van der Waals surface area contributed by atoms with E-state index in [1.54, 1.807) is 27.7 Å². The Morgan fingerprint density at radius 2 is 1.67 bits per heavy atom.